The van der Waals surface area contributed by atoms with E-state index >= 15 is 0 Å². The number of hydrogen-bond acceptors (Lipinski definition) is 15. The minimum absolute atomic E-state index is 0.0400. The van der Waals surface area contributed by atoms with E-state index in [1.54, 1.807) is 54.5 Å². The zero-order valence-electron chi connectivity index (χ0n) is 44.8. The third-order valence-electron chi connectivity index (χ3n) is 13.8. The molecule has 4 aromatic rings. The van der Waals surface area contributed by atoms with Crippen molar-refractivity contribution in [1.29, 1.82) is 0 Å². The van der Waals surface area contributed by atoms with Crippen molar-refractivity contribution >= 4 is 36.1 Å². The van der Waals surface area contributed by atoms with Crippen molar-refractivity contribution in [1.82, 2.24) is 54.8 Å². The second kappa shape index (κ2) is 23.5. The Hall–Kier alpha value is -7.32. The van der Waals surface area contributed by atoms with E-state index in [0.29, 0.717) is 65.0 Å². The van der Waals surface area contributed by atoms with Gasteiger partial charge in [-0.25, -0.2) is 35.3 Å². The molecule has 6 aliphatic heterocycles. The molecular weight excluding hydrogens is 1000 g/mol. The van der Waals surface area contributed by atoms with Crippen molar-refractivity contribution in [2.24, 2.45) is 20.0 Å². The lowest BCUT2D eigenvalue weighted by Crippen LogP contribution is -2.50. The van der Waals surface area contributed by atoms with E-state index in [1.165, 1.54) is 24.8 Å². The van der Waals surface area contributed by atoms with Gasteiger partial charge in [0.25, 0.3) is 5.91 Å². The highest BCUT2D eigenvalue weighted by atomic mass is 16.7. The molecule has 7 amide bonds. The SMILES string of the molecule is Cn1ncc2c1CN(C(=O)OC(C)(C)C)CC2ON.Cn1ncc2c1CN(C(=O)OC(C)(C)C)CC2ONC(=O)[C@@H]1CC[C@@H]2CN1C(=O)N2OCc1ccccc1.O=C(O)[C@@H]1CC[C@@H]2CN1C(=O)N2OCc1ccccc1. The fraction of sp³-hybridized carbons (Fsp3) is 0.538. The Kier molecular flexibility index (Phi) is 17.1. The van der Waals surface area contributed by atoms with Crippen LogP contribution in [0.2, 0.25) is 0 Å². The van der Waals surface area contributed by atoms with Crippen LogP contribution in [-0.2, 0) is 78.8 Å². The number of carbonyl (C=O) groups excluding carboxylic acids is 5. The molecule has 77 heavy (non-hydrogen) atoms. The lowest BCUT2D eigenvalue weighted by atomic mass is 10.0. The third kappa shape index (κ3) is 13.3. The molecule has 0 aliphatic carbocycles. The Balaban J connectivity index is 0.000000169. The summed E-state index contributed by atoms with van der Waals surface area (Å²) in [7, 11) is 3.61. The van der Waals surface area contributed by atoms with Gasteiger partial charge >= 0.3 is 30.2 Å². The summed E-state index contributed by atoms with van der Waals surface area (Å²) in [5.74, 6) is 3.94. The second-order valence-electron chi connectivity index (χ2n) is 21.6. The number of hydrogen-bond donors (Lipinski definition) is 3. The van der Waals surface area contributed by atoms with E-state index in [0.717, 1.165) is 33.6 Å². The summed E-state index contributed by atoms with van der Waals surface area (Å²) in [6.45, 7) is 13.7. The van der Waals surface area contributed by atoms with Crippen molar-refractivity contribution in [3.05, 3.63) is 107 Å². The maximum atomic E-state index is 13.2. The summed E-state index contributed by atoms with van der Waals surface area (Å²) in [5.41, 5.74) is 6.73. The van der Waals surface area contributed by atoms with Gasteiger partial charge in [0.15, 0.2) is 0 Å². The number of carbonyl (C=O) groups is 6. The number of rotatable bonds is 11. The first-order chi connectivity index (χ1) is 36.6. The summed E-state index contributed by atoms with van der Waals surface area (Å²) < 4.78 is 14.3. The zero-order chi connectivity index (χ0) is 55.3. The number of hydroxylamine groups is 5. The number of amides is 7. The molecule has 6 atom stereocenters. The number of ether oxygens (including phenoxy) is 2. The first-order valence-corrected chi connectivity index (χ1v) is 25.6. The first kappa shape index (κ1) is 55.9. The van der Waals surface area contributed by atoms with Crippen LogP contribution in [0.15, 0.2) is 73.1 Å². The molecule has 6 aliphatic rings. The zero-order valence-corrected chi connectivity index (χ0v) is 44.8. The minimum Gasteiger partial charge on any atom is -0.480 e. The number of carboxylic acid groups (broad SMARTS) is 1. The van der Waals surface area contributed by atoms with E-state index < -0.39 is 47.4 Å². The van der Waals surface area contributed by atoms with Gasteiger partial charge < -0.3 is 24.4 Å². The normalized spacial score (nSPS) is 22.6. The molecular formula is C52H70N12O13. The van der Waals surface area contributed by atoms with Crippen LogP contribution in [0.25, 0.3) is 0 Å². The van der Waals surface area contributed by atoms with Gasteiger partial charge in [-0.05, 0) is 78.4 Å². The molecule has 416 valence electrons. The Morgan fingerprint density at radius 3 is 1.51 bits per heavy atom. The minimum atomic E-state index is -0.943. The molecule has 10 rings (SSSR count). The number of benzene rings is 2. The van der Waals surface area contributed by atoms with Crippen LogP contribution in [0.5, 0.6) is 0 Å². The standard InChI is InChI=1S/C26H34N6O6.C14H16N2O4.C12H20N4O3/c1-26(2,3)37-25(35)30-14-21-19(12-27-29(21)4)22(15-30)38-28-23(33)20-11-10-18-13-31(20)24(34)32(18)36-16-17-8-6-5-7-9-17;17-13(18)12-7-6-11-8-15(12)14(19)16(11)20-9-10-4-2-1-3-5-10;1-12(2,3)18-11(17)16-6-9-8(5-14-15(9)4)10(7-16)19-13/h5-9,12,18,20,22H,10-11,13-16H2,1-4H3,(H,28,33);1-5,11-12H,6-9H2,(H,17,18);5,10H,6-7,13H2,1-4H3/t18-,20+,22?;11-,12+;/m11./s1. The van der Waals surface area contributed by atoms with E-state index in [4.69, 9.17) is 39.8 Å². The highest BCUT2D eigenvalue weighted by molar-refractivity contribution is 5.88. The van der Waals surface area contributed by atoms with Crippen LogP contribution < -0.4 is 11.4 Å². The number of nitrogens with one attached hydrogen (secondary N) is 1. The van der Waals surface area contributed by atoms with Gasteiger partial charge in [-0.15, -0.1) is 0 Å². The molecule has 4 bridgehead atoms. The van der Waals surface area contributed by atoms with E-state index in [-0.39, 0.29) is 49.5 Å². The number of aryl methyl sites for hydroxylation is 2. The van der Waals surface area contributed by atoms with Gasteiger partial charge in [-0.3, -0.25) is 43.3 Å². The first-order valence-electron chi connectivity index (χ1n) is 25.6. The maximum Gasteiger partial charge on any atom is 0.410 e. The van der Waals surface area contributed by atoms with Gasteiger partial charge in [0.1, 0.15) is 48.7 Å². The molecule has 25 nitrogen and oxygen atoms in total. The summed E-state index contributed by atoms with van der Waals surface area (Å²) in [6, 6.07) is 17.0. The van der Waals surface area contributed by atoms with Crippen molar-refractivity contribution in [3.63, 3.8) is 0 Å². The lowest BCUT2D eigenvalue weighted by Gasteiger charge is -2.34. The summed E-state index contributed by atoms with van der Waals surface area (Å²) >= 11 is 0. The molecule has 0 spiro atoms. The van der Waals surface area contributed by atoms with E-state index in [9.17, 15) is 28.8 Å². The smallest absolute Gasteiger partial charge is 0.410 e. The molecule has 2 aromatic carbocycles. The second-order valence-corrected chi connectivity index (χ2v) is 21.6. The Labute approximate surface area is 446 Å². The van der Waals surface area contributed by atoms with Crippen LogP contribution in [0.4, 0.5) is 19.2 Å². The predicted molar refractivity (Wildman–Crippen MR) is 271 cm³/mol. The number of fused-ring (bicyclic) bond motifs is 6. The largest absolute Gasteiger partial charge is 0.480 e. The quantitative estimate of drug-likeness (QED) is 0.162. The molecule has 0 radical (unpaired) electrons. The van der Waals surface area contributed by atoms with Crippen LogP contribution >= 0.6 is 0 Å². The van der Waals surface area contributed by atoms with E-state index in [2.05, 4.69) is 15.7 Å². The number of carboxylic acids is 1. The van der Waals surface area contributed by atoms with E-state index in [1.807, 2.05) is 88.5 Å². The molecule has 0 saturated carbocycles. The van der Waals surface area contributed by atoms with Crippen molar-refractivity contribution < 1.29 is 62.7 Å². The molecule has 25 heteroatoms. The Morgan fingerprint density at radius 1 is 0.636 bits per heavy atom. The fourth-order valence-corrected chi connectivity index (χ4v) is 9.88. The number of nitrogens with zero attached hydrogens (tertiary/aromatic N) is 10. The summed E-state index contributed by atoms with van der Waals surface area (Å²) in [5, 5.41) is 20.3. The predicted octanol–water partition coefficient (Wildman–Crippen LogP) is 5.23. The summed E-state index contributed by atoms with van der Waals surface area (Å²) in [6.07, 6.45) is 3.81. The van der Waals surface area contributed by atoms with Gasteiger partial charge in [-0.2, -0.15) is 20.3 Å². The van der Waals surface area contributed by atoms with Crippen LogP contribution in [0.3, 0.4) is 0 Å². The van der Waals surface area contributed by atoms with Crippen LogP contribution in [-0.4, -0.2) is 152 Å². The summed E-state index contributed by atoms with van der Waals surface area (Å²) in [4.78, 5) is 103. The molecule has 4 saturated heterocycles. The third-order valence-corrected chi connectivity index (χ3v) is 13.8. The molecule has 8 heterocycles. The number of aliphatic carboxylic acids is 1. The van der Waals surface area contributed by atoms with Crippen molar-refractivity contribution in [2.45, 2.75) is 141 Å². The molecule has 2 unspecified atom stereocenters. The molecule has 4 fully saturated rings. The van der Waals surface area contributed by atoms with Gasteiger partial charge in [0.2, 0.25) is 0 Å². The Bertz CT molecular complexity index is 2750. The van der Waals surface area contributed by atoms with Gasteiger partial charge in [0, 0.05) is 38.3 Å². The number of nitrogens with two attached hydrogens (primary N) is 1. The number of aromatic nitrogens is 4. The highest BCUT2D eigenvalue weighted by Gasteiger charge is 2.49. The van der Waals surface area contributed by atoms with Crippen LogP contribution in [0, 0.1) is 0 Å². The average molecular weight is 1070 g/mol. The fourth-order valence-electron chi connectivity index (χ4n) is 9.88. The molecule has 4 N–H and O–H groups in total. The van der Waals surface area contributed by atoms with Crippen LogP contribution in [0.1, 0.15) is 113 Å². The monoisotopic (exact) mass is 1070 g/mol. The number of urea groups is 2. The van der Waals surface area contributed by atoms with Gasteiger partial charge in [-0.1, -0.05) is 60.7 Å². The molecule has 2 aromatic heterocycles. The highest BCUT2D eigenvalue weighted by Crippen LogP contribution is 2.34. The van der Waals surface area contributed by atoms with Crippen molar-refractivity contribution in [3.8, 4) is 0 Å². The van der Waals surface area contributed by atoms with Crippen molar-refractivity contribution in [2.75, 3.05) is 26.2 Å². The maximum absolute atomic E-state index is 13.2. The lowest BCUT2D eigenvalue weighted by molar-refractivity contribution is -0.146. The van der Waals surface area contributed by atoms with Gasteiger partial charge in [0.05, 0.1) is 62.0 Å². The Morgan fingerprint density at radius 2 is 1.06 bits per heavy atom. The number of piperidine rings is 2. The topological polar surface area (TPSA) is 271 Å². The average Bonchev–Trinajstić information content (AvgIpc) is 4.12.